The van der Waals surface area contributed by atoms with Crippen molar-refractivity contribution in [1.82, 2.24) is 5.32 Å². The van der Waals surface area contributed by atoms with Crippen LogP contribution < -0.4 is 10.1 Å². The number of fused-ring (bicyclic) bond motifs is 1. The summed E-state index contributed by atoms with van der Waals surface area (Å²) in [5, 5.41) is 3.01. The van der Waals surface area contributed by atoms with Crippen molar-refractivity contribution in [3.05, 3.63) is 65.2 Å². The van der Waals surface area contributed by atoms with Crippen LogP contribution in [0.25, 0.3) is 0 Å². The number of para-hydroxylation sites is 1. The van der Waals surface area contributed by atoms with Gasteiger partial charge in [-0.25, -0.2) is 4.79 Å². The first kappa shape index (κ1) is 19.0. The number of benzene rings is 2. The highest BCUT2D eigenvalue weighted by atomic mass is 16.6. The van der Waals surface area contributed by atoms with Gasteiger partial charge in [-0.05, 0) is 55.9 Å². The second-order valence-corrected chi connectivity index (χ2v) is 6.84. The van der Waals surface area contributed by atoms with E-state index in [1.54, 1.807) is 13.0 Å². The monoisotopic (exact) mass is 367 g/mol. The Bertz CT molecular complexity index is 817. The Hall–Kier alpha value is -2.82. The van der Waals surface area contributed by atoms with E-state index in [2.05, 4.69) is 11.4 Å². The van der Waals surface area contributed by atoms with E-state index >= 15 is 0 Å². The third-order valence-corrected chi connectivity index (χ3v) is 4.80. The summed E-state index contributed by atoms with van der Waals surface area (Å²) in [5.41, 5.74) is 3.36. The average molecular weight is 367 g/mol. The minimum absolute atomic E-state index is 0.0354. The van der Waals surface area contributed by atoms with Crippen LogP contribution in [0.3, 0.4) is 0 Å². The normalized spacial score (nSPS) is 16.7. The van der Waals surface area contributed by atoms with Crippen LogP contribution in [0.1, 0.15) is 42.5 Å². The number of hydrogen-bond donors (Lipinski definition) is 1. The van der Waals surface area contributed by atoms with Crippen molar-refractivity contribution in [2.24, 2.45) is 0 Å². The van der Waals surface area contributed by atoms with Gasteiger partial charge in [0.15, 0.2) is 12.7 Å². The van der Waals surface area contributed by atoms with E-state index in [1.165, 1.54) is 5.56 Å². The lowest BCUT2D eigenvalue weighted by Gasteiger charge is -2.27. The van der Waals surface area contributed by atoms with E-state index in [9.17, 15) is 9.59 Å². The summed E-state index contributed by atoms with van der Waals surface area (Å²) >= 11 is 0. The Morgan fingerprint density at radius 2 is 1.89 bits per heavy atom. The van der Waals surface area contributed by atoms with Crippen LogP contribution in [0.15, 0.2) is 48.5 Å². The molecule has 27 heavy (non-hydrogen) atoms. The molecule has 1 aliphatic rings. The number of hydrogen-bond acceptors (Lipinski definition) is 4. The molecule has 142 valence electrons. The standard InChI is InChI=1S/C22H25NO4/c1-15-8-3-6-13-20(15)26-14-21(24)27-16(2)22(25)23-19-12-7-10-17-9-4-5-11-18(17)19/h3-6,8-9,11,13,16,19H,7,10,12,14H2,1-2H3,(H,23,25)/t16-,19+/m1/s1. The van der Waals surface area contributed by atoms with Crippen molar-refractivity contribution in [3.8, 4) is 5.75 Å². The molecule has 0 aliphatic heterocycles. The molecule has 0 unspecified atom stereocenters. The quantitative estimate of drug-likeness (QED) is 0.794. The maximum absolute atomic E-state index is 12.5. The summed E-state index contributed by atoms with van der Waals surface area (Å²) in [6.45, 7) is 3.25. The molecule has 1 aliphatic carbocycles. The topological polar surface area (TPSA) is 64.6 Å². The Kier molecular flexibility index (Phi) is 6.12. The van der Waals surface area contributed by atoms with Crippen molar-refractivity contribution in [1.29, 1.82) is 0 Å². The molecule has 5 heteroatoms. The number of aryl methyl sites for hydroxylation is 2. The van der Waals surface area contributed by atoms with E-state index in [4.69, 9.17) is 9.47 Å². The predicted molar refractivity (Wildman–Crippen MR) is 102 cm³/mol. The molecule has 2 atom stereocenters. The summed E-state index contributed by atoms with van der Waals surface area (Å²) in [6.07, 6.45) is 2.08. The highest BCUT2D eigenvalue weighted by Gasteiger charge is 2.25. The van der Waals surface area contributed by atoms with Crippen LogP contribution in [0.5, 0.6) is 5.75 Å². The summed E-state index contributed by atoms with van der Waals surface area (Å²) < 4.78 is 10.7. The molecule has 0 bridgehead atoms. The van der Waals surface area contributed by atoms with Crippen molar-refractivity contribution in [3.63, 3.8) is 0 Å². The van der Waals surface area contributed by atoms with Gasteiger partial charge in [0.2, 0.25) is 0 Å². The van der Waals surface area contributed by atoms with Gasteiger partial charge in [-0.2, -0.15) is 0 Å². The number of ether oxygens (including phenoxy) is 2. The van der Waals surface area contributed by atoms with Gasteiger partial charge in [0, 0.05) is 0 Å². The third-order valence-electron chi connectivity index (χ3n) is 4.80. The summed E-state index contributed by atoms with van der Waals surface area (Å²) in [4.78, 5) is 24.5. The molecule has 0 fully saturated rings. The van der Waals surface area contributed by atoms with Crippen LogP contribution in [-0.2, 0) is 20.7 Å². The van der Waals surface area contributed by atoms with Crippen LogP contribution in [-0.4, -0.2) is 24.6 Å². The largest absolute Gasteiger partial charge is 0.482 e. The van der Waals surface area contributed by atoms with E-state index in [0.29, 0.717) is 5.75 Å². The Balaban J connectivity index is 1.51. The molecule has 0 saturated carbocycles. The minimum atomic E-state index is -0.868. The number of carbonyl (C=O) groups excluding carboxylic acids is 2. The van der Waals surface area contributed by atoms with Gasteiger partial charge in [-0.15, -0.1) is 0 Å². The average Bonchev–Trinajstić information content (AvgIpc) is 2.67. The summed E-state index contributed by atoms with van der Waals surface area (Å²) in [5.74, 6) is -0.226. The molecular formula is C22H25NO4. The highest BCUT2D eigenvalue weighted by Crippen LogP contribution is 2.29. The fourth-order valence-corrected chi connectivity index (χ4v) is 3.33. The van der Waals surface area contributed by atoms with Gasteiger partial charge >= 0.3 is 5.97 Å². The lowest BCUT2D eigenvalue weighted by Crippen LogP contribution is -2.39. The fraction of sp³-hybridized carbons (Fsp3) is 0.364. The fourth-order valence-electron chi connectivity index (χ4n) is 3.33. The van der Waals surface area contributed by atoms with Gasteiger partial charge in [-0.1, -0.05) is 42.5 Å². The van der Waals surface area contributed by atoms with E-state index < -0.39 is 12.1 Å². The summed E-state index contributed by atoms with van der Waals surface area (Å²) in [7, 11) is 0. The second kappa shape index (κ2) is 8.71. The number of nitrogens with one attached hydrogen (secondary N) is 1. The van der Waals surface area contributed by atoms with Crippen LogP contribution in [0.4, 0.5) is 0 Å². The molecule has 2 aromatic carbocycles. The van der Waals surface area contributed by atoms with Crippen molar-refractivity contribution >= 4 is 11.9 Å². The van der Waals surface area contributed by atoms with Crippen LogP contribution in [0, 0.1) is 6.92 Å². The van der Waals surface area contributed by atoms with Crippen molar-refractivity contribution in [2.45, 2.75) is 45.3 Å². The molecule has 0 radical (unpaired) electrons. The zero-order valence-electron chi connectivity index (χ0n) is 15.7. The van der Waals surface area contributed by atoms with Gasteiger partial charge < -0.3 is 14.8 Å². The van der Waals surface area contributed by atoms with Crippen molar-refractivity contribution in [2.75, 3.05) is 6.61 Å². The Morgan fingerprint density at radius 3 is 2.70 bits per heavy atom. The maximum atomic E-state index is 12.5. The number of rotatable bonds is 6. The lowest BCUT2D eigenvalue weighted by atomic mass is 9.87. The predicted octanol–water partition coefficient (Wildman–Crippen LogP) is 3.50. The molecule has 2 aromatic rings. The lowest BCUT2D eigenvalue weighted by molar-refractivity contribution is -0.156. The first-order valence-electron chi connectivity index (χ1n) is 9.30. The van der Waals surface area contributed by atoms with Gasteiger partial charge in [0.25, 0.3) is 5.91 Å². The zero-order chi connectivity index (χ0) is 19.2. The maximum Gasteiger partial charge on any atom is 0.344 e. The molecule has 3 rings (SSSR count). The molecule has 0 aromatic heterocycles. The smallest absolute Gasteiger partial charge is 0.344 e. The molecule has 0 spiro atoms. The molecular weight excluding hydrogens is 342 g/mol. The molecule has 5 nitrogen and oxygen atoms in total. The zero-order valence-corrected chi connectivity index (χ0v) is 15.7. The molecule has 0 heterocycles. The molecule has 1 N–H and O–H groups in total. The number of esters is 1. The van der Waals surface area contributed by atoms with Crippen molar-refractivity contribution < 1.29 is 19.1 Å². The summed E-state index contributed by atoms with van der Waals surface area (Å²) in [6, 6.07) is 15.5. The van der Waals surface area contributed by atoms with Crippen LogP contribution >= 0.6 is 0 Å². The van der Waals surface area contributed by atoms with E-state index in [-0.39, 0.29) is 18.6 Å². The van der Waals surface area contributed by atoms with Gasteiger partial charge in [0.1, 0.15) is 5.75 Å². The van der Waals surface area contributed by atoms with E-state index in [1.807, 2.05) is 43.3 Å². The SMILES string of the molecule is Cc1ccccc1OCC(=O)O[C@H](C)C(=O)N[C@H]1CCCc2ccccc21. The minimum Gasteiger partial charge on any atom is -0.482 e. The van der Waals surface area contributed by atoms with Crippen LogP contribution in [0.2, 0.25) is 0 Å². The molecule has 0 saturated heterocycles. The highest BCUT2D eigenvalue weighted by molar-refractivity contribution is 5.84. The van der Waals surface area contributed by atoms with E-state index in [0.717, 1.165) is 30.4 Å². The van der Waals surface area contributed by atoms with Gasteiger partial charge in [-0.3, -0.25) is 4.79 Å². The first-order valence-corrected chi connectivity index (χ1v) is 9.30. The van der Waals surface area contributed by atoms with Gasteiger partial charge in [0.05, 0.1) is 6.04 Å². The Morgan fingerprint density at radius 1 is 1.15 bits per heavy atom. The third kappa shape index (κ3) is 4.88. The molecule has 1 amide bonds. The second-order valence-electron chi connectivity index (χ2n) is 6.84. The number of carbonyl (C=O) groups is 2. The Labute approximate surface area is 159 Å². The number of amides is 1. The first-order chi connectivity index (χ1) is 13.0.